The van der Waals surface area contributed by atoms with E-state index in [9.17, 15) is 4.79 Å². The predicted octanol–water partition coefficient (Wildman–Crippen LogP) is 1.33. The van der Waals surface area contributed by atoms with E-state index in [1.54, 1.807) is 0 Å². The van der Waals surface area contributed by atoms with Crippen LogP contribution in [-0.2, 0) is 12.2 Å². The molecular weight excluding hydrogens is 360 g/mol. The summed E-state index contributed by atoms with van der Waals surface area (Å²) in [5, 5.41) is 0. The Morgan fingerprint density at radius 3 is 3.15 bits per heavy atom. The van der Waals surface area contributed by atoms with Crippen molar-refractivity contribution in [1.29, 1.82) is 0 Å². The fraction of sp³-hybridized carbons (Fsp3) is 0.667. The molecule has 0 amide bonds. The molecule has 1 rings (SSSR count). The fourth-order valence-electron chi connectivity index (χ4n) is 1.43. The molecular formula is C9H13O3Tl. The minimum absolute atomic E-state index is 0.0266. The SMILES string of the molecule is CCOC(=O)C1CCC=C([O][Tl])C1. The van der Waals surface area contributed by atoms with E-state index < -0.39 is 0 Å². The Kier molecular flexibility index (Phi) is 4.76. The molecule has 0 saturated heterocycles. The third-order valence-electron chi connectivity index (χ3n) is 2.11. The molecule has 0 aromatic carbocycles. The first-order chi connectivity index (χ1) is 6.27. The molecule has 0 spiro atoms. The molecule has 0 aromatic heterocycles. The van der Waals surface area contributed by atoms with Gasteiger partial charge in [-0.1, -0.05) is 0 Å². The van der Waals surface area contributed by atoms with Gasteiger partial charge in [0, 0.05) is 0 Å². The van der Waals surface area contributed by atoms with Gasteiger partial charge in [0.05, 0.1) is 0 Å². The van der Waals surface area contributed by atoms with Crippen LogP contribution in [0.3, 0.4) is 0 Å². The van der Waals surface area contributed by atoms with Crippen molar-refractivity contribution >= 4 is 32.2 Å². The molecule has 13 heavy (non-hydrogen) atoms. The van der Waals surface area contributed by atoms with Gasteiger partial charge in [-0.2, -0.15) is 0 Å². The number of carbonyl (C=O) groups is 1. The molecule has 0 aromatic rings. The van der Waals surface area contributed by atoms with Gasteiger partial charge in [-0.25, -0.2) is 0 Å². The number of carbonyl (C=O) groups excluding carboxylic acids is 1. The molecule has 0 fully saturated rings. The van der Waals surface area contributed by atoms with Crippen molar-refractivity contribution in [2.24, 2.45) is 5.92 Å². The van der Waals surface area contributed by atoms with E-state index in [4.69, 9.17) is 7.42 Å². The molecule has 1 atom stereocenters. The van der Waals surface area contributed by atoms with Crippen molar-refractivity contribution in [3.8, 4) is 0 Å². The Bertz CT molecular complexity index is 213. The Balaban J connectivity index is 2.45. The molecule has 0 bridgehead atoms. The van der Waals surface area contributed by atoms with Crippen LogP contribution in [0.2, 0.25) is 0 Å². The summed E-state index contributed by atoms with van der Waals surface area (Å²) in [5.74, 6) is 0.933. The van der Waals surface area contributed by atoms with E-state index in [1.165, 1.54) is 0 Å². The van der Waals surface area contributed by atoms with Crippen LogP contribution in [0.25, 0.3) is 0 Å². The van der Waals surface area contributed by atoms with Gasteiger partial charge in [0.15, 0.2) is 0 Å². The summed E-state index contributed by atoms with van der Waals surface area (Å²) in [6.07, 6.45) is 4.65. The summed E-state index contributed by atoms with van der Waals surface area (Å²) >= 11 is 0.511. The number of allylic oxidation sites excluding steroid dienone is 2. The second kappa shape index (κ2) is 5.62. The quantitative estimate of drug-likeness (QED) is 0.553. The summed E-state index contributed by atoms with van der Waals surface area (Å²) in [5.41, 5.74) is 0. The molecule has 4 heteroatoms. The summed E-state index contributed by atoms with van der Waals surface area (Å²) in [6, 6.07) is 0. The minimum atomic E-state index is -0.0739. The third kappa shape index (κ3) is 3.28. The zero-order valence-electron chi connectivity index (χ0n) is 7.79. The molecule has 70 valence electrons. The molecule has 1 unspecified atom stereocenters. The predicted molar refractivity (Wildman–Crippen MR) is 48.9 cm³/mol. The molecule has 0 radical (unpaired) electrons. The van der Waals surface area contributed by atoms with Crippen LogP contribution < -0.4 is 0 Å². The average Bonchev–Trinajstić information content (AvgIpc) is 2.18. The number of ether oxygens (including phenoxy) is 1. The first-order valence-electron chi connectivity index (χ1n) is 4.50. The second-order valence-corrected chi connectivity index (χ2v) is 3.94. The van der Waals surface area contributed by atoms with Gasteiger partial charge in [0.2, 0.25) is 0 Å². The molecule has 0 N–H and O–H groups in total. The van der Waals surface area contributed by atoms with E-state index in [-0.39, 0.29) is 11.9 Å². The molecule has 0 saturated carbocycles. The first-order valence-corrected chi connectivity index (χ1v) is 6.33. The zero-order chi connectivity index (χ0) is 9.68. The van der Waals surface area contributed by atoms with Crippen LogP contribution >= 0.6 is 0 Å². The normalized spacial score (nSPS) is 21.8. The second-order valence-electron chi connectivity index (χ2n) is 3.02. The van der Waals surface area contributed by atoms with Crippen molar-refractivity contribution < 1.29 is 12.2 Å². The summed E-state index contributed by atoms with van der Waals surface area (Å²) in [4.78, 5) is 11.4. The number of hydrogen-bond donors (Lipinski definition) is 0. The number of esters is 1. The van der Waals surface area contributed by atoms with Gasteiger partial charge in [-0.3, -0.25) is 0 Å². The number of hydrogen-bond acceptors (Lipinski definition) is 3. The van der Waals surface area contributed by atoms with Gasteiger partial charge in [0.1, 0.15) is 0 Å². The standard InChI is InChI=1S/C9H14O3.Tl/c1-2-12-9(11)7-4-3-5-8(10)6-7;/h5,7,10H,2-4,6H2,1H3;/q;+1/p-1. The number of rotatable bonds is 3. The van der Waals surface area contributed by atoms with E-state index >= 15 is 0 Å². The third-order valence-corrected chi connectivity index (χ3v) is 3.28. The first kappa shape index (κ1) is 11.0. The maximum atomic E-state index is 11.4. The fourth-order valence-corrected chi connectivity index (χ4v) is 2.18. The molecule has 0 aliphatic heterocycles. The summed E-state index contributed by atoms with van der Waals surface area (Å²) in [6.45, 7) is 2.31. The Labute approximate surface area is 94.8 Å². The van der Waals surface area contributed by atoms with Gasteiger partial charge in [-0.05, 0) is 0 Å². The van der Waals surface area contributed by atoms with Gasteiger partial charge in [0.25, 0.3) is 0 Å². The van der Waals surface area contributed by atoms with Crippen LogP contribution in [0, 0.1) is 5.92 Å². The average molecular weight is 374 g/mol. The summed E-state index contributed by atoms with van der Waals surface area (Å²) in [7, 11) is 0. The Hall–Kier alpha value is -0.0679. The van der Waals surface area contributed by atoms with Crippen LogP contribution in [0.4, 0.5) is 0 Å². The van der Waals surface area contributed by atoms with Crippen molar-refractivity contribution in [3.63, 3.8) is 0 Å². The Morgan fingerprint density at radius 2 is 2.54 bits per heavy atom. The van der Waals surface area contributed by atoms with Crippen molar-refractivity contribution in [1.82, 2.24) is 0 Å². The van der Waals surface area contributed by atoms with Crippen molar-refractivity contribution in [2.45, 2.75) is 26.2 Å². The van der Waals surface area contributed by atoms with Crippen LogP contribution in [0.1, 0.15) is 26.2 Å². The van der Waals surface area contributed by atoms with Crippen LogP contribution in [0.5, 0.6) is 0 Å². The van der Waals surface area contributed by atoms with E-state index in [0.29, 0.717) is 32.8 Å². The van der Waals surface area contributed by atoms with Crippen molar-refractivity contribution in [3.05, 3.63) is 11.8 Å². The van der Waals surface area contributed by atoms with Crippen LogP contribution in [-0.4, -0.2) is 38.8 Å². The van der Waals surface area contributed by atoms with Gasteiger partial charge >= 0.3 is 95.0 Å². The van der Waals surface area contributed by atoms with E-state index in [2.05, 4.69) is 6.08 Å². The zero-order valence-corrected chi connectivity index (χ0v) is 12.3. The molecule has 1 aliphatic carbocycles. The van der Waals surface area contributed by atoms with Gasteiger partial charge < -0.3 is 0 Å². The Morgan fingerprint density at radius 1 is 1.77 bits per heavy atom. The molecule has 3 nitrogen and oxygen atoms in total. The molecule has 0 heterocycles. The maximum absolute atomic E-state index is 11.4. The van der Waals surface area contributed by atoms with Crippen molar-refractivity contribution in [2.75, 3.05) is 6.61 Å². The topological polar surface area (TPSA) is 35.5 Å². The van der Waals surface area contributed by atoms with Gasteiger partial charge in [-0.15, -0.1) is 0 Å². The van der Waals surface area contributed by atoms with Crippen LogP contribution in [0.15, 0.2) is 11.8 Å². The van der Waals surface area contributed by atoms with E-state index in [0.717, 1.165) is 25.0 Å². The molecule has 1 aliphatic rings. The summed E-state index contributed by atoms with van der Waals surface area (Å²) < 4.78 is 10.2. The van der Waals surface area contributed by atoms with E-state index in [1.807, 2.05) is 6.92 Å². The monoisotopic (exact) mass is 374 g/mol.